The van der Waals surface area contributed by atoms with Crippen LogP contribution in [0.5, 0.6) is 0 Å². The highest BCUT2D eigenvalue weighted by atomic mass is 32.2. The molecule has 0 spiro atoms. The predicted molar refractivity (Wildman–Crippen MR) is 112 cm³/mol. The van der Waals surface area contributed by atoms with Crippen LogP contribution in [0.3, 0.4) is 0 Å². The summed E-state index contributed by atoms with van der Waals surface area (Å²) in [6, 6.07) is 16.1. The Hall–Kier alpha value is -2.47. The van der Waals surface area contributed by atoms with Crippen molar-refractivity contribution in [2.45, 2.75) is 31.1 Å². The number of nitrogens with one attached hydrogen (secondary N) is 2. The first-order chi connectivity index (χ1) is 13.0. The molecule has 0 saturated heterocycles. The number of carbonyl (C=O) groups excluding carboxylic acids is 2. The van der Waals surface area contributed by atoms with Crippen molar-refractivity contribution in [1.82, 2.24) is 5.32 Å². The topological polar surface area (TPSA) is 84.2 Å². The van der Waals surface area contributed by atoms with Gasteiger partial charge in [0.25, 0.3) is 0 Å². The average molecular weight is 386 g/mol. The van der Waals surface area contributed by atoms with Crippen LogP contribution in [-0.4, -0.2) is 30.7 Å². The van der Waals surface area contributed by atoms with Crippen molar-refractivity contribution in [2.75, 3.05) is 24.2 Å². The molecule has 0 unspecified atom stereocenters. The van der Waals surface area contributed by atoms with Crippen LogP contribution in [-0.2, 0) is 16.0 Å². The van der Waals surface area contributed by atoms with E-state index in [4.69, 9.17) is 5.73 Å². The Balaban J connectivity index is 1.75. The van der Waals surface area contributed by atoms with Crippen LogP contribution in [0.15, 0.2) is 53.4 Å². The van der Waals surface area contributed by atoms with E-state index in [2.05, 4.69) is 48.7 Å². The summed E-state index contributed by atoms with van der Waals surface area (Å²) in [5.41, 5.74) is 8.54. The number of thioether (sulfide) groups is 1. The normalized spacial score (nSPS) is 10.6. The molecule has 0 aliphatic carbocycles. The summed E-state index contributed by atoms with van der Waals surface area (Å²) >= 11 is 1.36. The molecule has 5 nitrogen and oxygen atoms in total. The lowest BCUT2D eigenvalue weighted by molar-refractivity contribution is -0.119. The lowest BCUT2D eigenvalue weighted by Gasteiger charge is -2.12. The van der Waals surface area contributed by atoms with E-state index in [9.17, 15) is 9.59 Å². The third-order valence-corrected chi connectivity index (χ3v) is 5.17. The van der Waals surface area contributed by atoms with E-state index in [1.807, 2.05) is 24.3 Å². The highest BCUT2D eigenvalue weighted by Crippen LogP contribution is 2.26. The van der Waals surface area contributed by atoms with Gasteiger partial charge in [-0.3, -0.25) is 9.59 Å². The van der Waals surface area contributed by atoms with E-state index in [0.29, 0.717) is 12.5 Å². The molecule has 2 amide bonds. The fourth-order valence-corrected chi connectivity index (χ4v) is 3.31. The number of amides is 2. The Morgan fingerprint density at radius 3 is 2.44 bits per heavy atom. The van der Waals surface area contributed by atoms with Crippen LogP contribution >= 0.6 is 11.8 Å². The monoisotopic (exact) mass is 385 g/mol. The average Bonchev–Trinajstić information content (AvgIpc) is 2.65. The van der Waals surface area contributed by atoms with Gasteiger partial charge in [-0.05, 0) is 35.6 Å². The number of carbonyl (C=O) groups is 2. The summed E-state index contributed by atoms with van der Waals surface area (Å²) in [7, 11) is 0. The number of para-hydroxylation sites is 1. The number of primary amides is 1. The minimum Gasteiger partial charge on any atom is -0.375 e. The first-order valence-electron chi connectivity index (χ1n) is 9.05. The Kier molecular flexibility index (Phi) is 8.20. The first kappa shape index (κ1) is 20.8. The molecule has 2 aromatic carbocycles. The van der Waals surface area contributed by atoms with Gasteiger partial charge in [0.15, 0.2) is 0 Å². The fraction of sp³-hybridized carbons (Fsp3) is 0.333. The number of rotatable bonds is 10. The number of anilines is 1. The first-order valence-corrected chi connectivity index (χ1v) is 10.0. The molecule has 4 N–H and O–H groups in total. The van der Waals surface area contributed by atoms with E-state index in [-0.39, 0.29) is 24.1 Å². The predicted octanol–water partition coefficient (Wildman–Crippen LogP) is 3.16. The molecule has 0 bridgehead atoms. The second-order valence-electron chi connectivity index (χ2n) is 6.60. The van der Waals surface area contributed by atoms with Crippen molar-refractivity contribution in [3.63, 3.8) is 0 Å². The molecule has 0 heterocycles. The van der Waals surface area contributed by atoms with Crippen LogP contribution in [0, 0.1) is 0 Å². The molecule has 0 saturated carbocycles. The molecule has 2 rings (SSSR count). The lowest BCUT2D eigenvalue weighted by Crippen LogP contribution is -2.31. The Bertz CT molecular complexity index is 760. The van der Waals surface area contributed by atoms with E-state index in [0.717, 1.165) is 17.0 Å². The highest BCUT2D eigenvalue weighted by Gasteiger charge is 2.07. The van der Waals surface area contributed by atoms with Crippen LogP contribution in [0.25, 0.3) is 0 Å². The van der Waals surface area contributed by atoms with Gasteiger partial charge in [-0.2, -0.15) is 0 Å². The number of nitrogens with two attached hydrogens (primary N) is 1. The number of hydrogen-bond donors (Lipinski definition) is 3. The molecular weight excluding hydrogens is 358 g/mol. The molecule has 0 aliphatic rings. The molecule has 0 aromatic heterocycles. The molecule has 27 heavy (non-hydrogen) atoms. The number of benzene rings is 2. The summed E-state index contributed by atoms with van der Waals surface area (Å²) in [4.78, 5) is 23.9. The van der Waals surface area contributed by atoms with Gasteiger partial charge in [-0.1, -0.05) is 50.2 Å². The van der Waals surface area contributed by atoms with Crippen molar-refractivity contribution in [3.8, 4) is 0 Å². The lowest BCUT2D eigenvalue weighted by atomic mass is 10.0. The third kappa shape index (κ3) is 7.35. The van der Waals surface area contributed by atoms with E-state index in [1.54, 1.807) is 0 Å². The molecule has 0 atom stereocenters. The van der Waals surface area contributed by atoms with Gasteiger partial charge in [0, 0.05) is 17.1 Å². The standard InChI is InChI=1S/C21H27N3O2S/c1-15(2)17-9-7-16(8-10-17)11-12-23-21(26)13-24-18-5-3-4-6-19(18)27-14-20(22)25/h3-10,15,24H,11-14H2,1-2H3,(H2,22,25)(H,23,26). The SMILES string of the molecule is CC(C)c1ccc(CCNC(=O)CNc2ccccc2SCC(N)=O)cc1. The van der Waals surface area contributed by atoms with E-state index >= 15 is 0 Å². The van der Waals surface area contributed by atoms with Crippen molar-refractivity contribution in [3.05, 3.63) is 59.7 Å². The minimum atomic E-state index is -0.367. The zero-order valence-corrected chi connectivity index (χ0v) is 16.6. The highest BCUT2D eigenvalue weighted by molar-refractivity contribution is 8.00. The summed E-state index contributed by atoms with van der Waals surface area (Å²) in [6.45, 7) is 5.12. The van der Waals surface area contributed by atoms with Crippen LogP contribution < -0.4 is 16.4 Å². The Labute approximate surface area is 165 Å². The Morgan fingerprint density at radius 2 is 1.78 bits per heavy atom. The maximum atomic E-state index is 12.1. The molecule has 144 valence electrons. The van der Waals surface area contributed by atoms with Crippen molar-refractivity contribution < 1.29 is 9.59 Å². The quantitative estimate of drug-likeness (QED) is 0.549. The van der Waals surface area contributed by atoms with E-state index < -0.39 is 0 Å². The summed E-state index contributed by atoms with van der Waals surface area (Å²) in [5, 5.41) is 6.05. The molecule has 0 radical (unpaired) electrons. The molecule has 0 fully saturated rings. The third-order valence-electron chi connectivity index (χ3n) is 4.08. The summed E-state index contributed by atoms with van der Waals surface area (Å²) in [5.74, 6) is 0.298. The van der Waals surface area contributed by atoms with Crippen molar-refractivity contribution in [2.24, 2.45) is 5.73 Å². The summed E-state index contributed by atoms with van der Waals surface area (Å²) < 4.78 is 0. The van der Waals surface area contributed by atoms with Gasteiger partial charge in [0.2, 0.25) is 11.8 Å². The van der Waals surface area contributed by atoms with Crippen LogP contribution in [0.2, 0.25) is 0 Å². The summed E-state index contributed by atoms with van der Waals surface area (Å²) in [6.07, 6.45) is 0.801. The minimum absolute atomic E-state index is 0.0662. The van der Waals surface area contributed by atoms with Gasteiger partial charge >= 0.3 is 0 Å². The molecule has 0 aliphatic heterocycles. The van der Waals surface area contributed by atoms with Crippen molar-refractivity contribution >= 4 is 29.3 Å². The van der Waals surface area contributed by atoms with E-state index in [1.165, 1.54) is 22.9 Å². The van der Waals surface area contributed by atoms with Gasteiger partial charge in [-0.15, -0.1) is 11.8 Å². The second-order valence-corrected chi connectivity index (χ2v) is 7.62. The van der Waals surface area contributed by atoms with Gasteiger partial charge in [-0.25, -0.2) is 0 Å². The molecular formula is C21H27N3O2S. The smallest absolute Gasteiger partial charge is 0.239 e. The maximum absolute atomic E-state index is 12.1. The van der Waals surface area contributed by atoms with Crippen LogP contribution in [0.4, 0.5) is 5.69 Å². The van der Waals surface area contributed by atoms with Gasteiger partial charge in [0.05, 0.1) is 12.3 Å². The zero-order chi connectivity index (χ0) is 19.6. The fourth-order valence-electron chi connectivity index (χ4n) is 2.54. The zero-order valence-electron chi connectivity index (χ0n) is 15.8. The maximum Gasteiger partial charge on any atom is 0.239 e. The largest absolute Gasteiger partial charge is 0.375 e. The van der Waals surface area contributed by atoms with Gasteiger partial charge in [0.1, 0.15) is 0 Å². The van der Waals surface area contributed by atoms with Crippen molar-refractivity contribution in [1.29, 1.82) is 0 Å². The van der Waals surface area contributed by atoms with Gasteiger partial charge < -0.3 is 16.4 Å². The second kappa shape index (κ2) is 10.6. The molecule has 6 heteroatoms. The van der Waals surface area contributed by atoms with Crippen LogP contribution in [0.1, 0.15) is 30.9 Å². The number of hydrogen-bond acceptors (Lipinski definition) is 4. The Morgan fingerprint density at radius 1 is 1.07 bits per heavy atom. The molecule has 2 aromatic rings.